The fourth-order valence-corrected chi connectivity index (χ4v) is 5.61. The van der Waals surface area contributed by atoms with Crippen molar-refractivity contribution < 1.29 is 24.1 Å². The fraction of sp³-hybridized carbons (Fsp3) is 0.500. The number of carboxylic acid groups (broad SMARTS) is 1. The molecule has 1 aromatic heterocycles. The molecule has 0 aliphatic heterocycles. The van der Waals surface area contributed by atoms with Gasteiger partial charge in [0.2, 0.25) is 0 Å². The molecule has 1 N–H and O–H groups in total. The average molecular weight is 492 g/mol. The third-order valence-electron chi connectivity index (χ3n) is 5.79. The van der Waals surface area contributed by atoms with E-state index in [4.69, 9.17) is 19.3 Å². The molecule has 0 atom stereocenters. The number of hydrogen-bond acceptors (Lipinski definition) is 5. The van der Waals surface area contributed by atoms with E-state index < -0.39 is 5.97 Å². The standard InChI is InChI=1S/C24H31NO5Se/c1-23(2)8-9-24(3,4)21-18(23)12-17(13-19(21)30-15-29-11-10-28-5)31-20-7-6-16(14-25-20)22(26)27/h6-7,12-14H,8-11,15H2,1-5H3,(H,26,27). The van der Waals surface area contributed by atoms with Crippen molar-refractivity contribution in [2.75, 3.05) is 27.1 Å². The number of carboxylic acids is 1. The van der Waals surface area contributed by atoms with Gasteiger partial charge in [0.05, 0.1) is 0 Å². The van der Waals surface area contributed by atoms with Crippen LogP contribution in [0, 0.1) is 0 Å². The SMILES string of the molecule is COCCOCOc1cc([Se]c2ccc(C(=O)O)cn2)cc2c1C(C)(C)CCC2(C)C. The number of aromatic carboxylic acids is 1. The van der Waals surface area contributed by atoms with Gasteiger partial charge in [-0.15, -0.1) is 0 Å². The number of fused-ring (bicyclic) bond motifs is 1. The van der Waals surface area contributed by atoms with E-state index in [-0.39, 0.29) is 38.1 Å². The van der Waals surface area contributed by atoms with E-state index in [0.29, 0.717) is 13.2 Å². The van der Waals surface area contributed by atoms with Crippen LogP contribution < -0.4 is 13.8 Å². The van der Waals surface area contributed by atoms with Gasteiger partial charge in [0.1, 0.15) is 0 Å². The zero-order valence-corrected chi connectivity index (χ0v) is 20.6. The minimum atomic E-state index is -0.964. The number of aromatic nitrogens is 1. The summed E-state index contributed by atoms with van der Waals surface area (Å²) in [4.78, 5) is 15.5. The molecular weight excluding hydrogens is 461 g/mol. The van der Waals surface area contributed by atoms with Crippen molar-refractivity contribution in [1.29, 1.82) is 0 Å². The Morgan fingerprint density at radius 2 is 1.87 bits per heavy atom. The van der Waals surface area contributed by atoms with Crippen molar-refractivity contribution in [2.45, 2.75) is 51.4 Å². The van der Waals surface area contributed by atoms with Gasteiger partial charge in [-0.3, -0.25) is 0 Å². The molecule has 0 unspecified atom stereocenters. The van der Waals surface area contributed by atoms with E-state index >= 15 is 0 Å². The number of nitrogens with zero attached hydrogens (tertiary/aromatic N) is 1. The van der Waals surface area contributed by atoms with Crippen molar-refractivity contribution >= 4 is 30.0 Å². The molecule has 2 aromatic rings. The Kier molecular flexibility index (Phi) is 7.43. The van der Waals surface area contributed by atoms with Crippen molar-refractivity contribution in [3.63, 3.8) is 0 Å². The Morgan fingerprint density at radius 3 is 2.52 bits per heavy atom. The maximum atomic E-state index is 11.1. The van der Waals surface area contributed by atoms with Crippen LogP contribution in [-0.2, 0) is 20.3 Å². The van der Waals surface area contributed by atoms with Crippen LogP contribution in [-0.4, -0.2) is 58.1 Å². The Labute approximate surface area is 190 Å². The average Bonchev–Trinajstić information content (AvgIpc) is 2.71. The number of ether oxygens (including phenoxy) is 3. The first kappa shape index (κ1) is 23.7. The van der Waals surface area contributed by atoms with Gasteiger partial charge in [-0.05, 0) is 0 Å². The molecule has 31 heavy (non-hydrogen) atoms. The first-order valence-corrected chi connectivity index (χ1v) is 12.1. The molecule has 0 amide bonds. The van der Waals surface area contributed by atoms with Crippen LogP contribution in [0.3, 0.4) is 0 Å². The molecule has 1 aliphatic rings. The molecule has 0 saturated heterocycles. The first-order chi connectivity index (χ1) is 14.6. The number of rotatable bonds is 9. The Morgan fingerprint density at radius 1 is 1.13 bits per heavy atom. The monoisotopic (exact) mass is 493 g/mol. The van der Waals surface area contributed by atoms with Gasteiger partial charge in [-0.2, -0.15) is 0 Å². The Hall–Kier alpha value is -1.92. The van der Waals surface area contributed by atoms with Gasteiger partial charge < -0.3 is 0 Å². The summed E-state index contributed by atoms with van der Waals surface area (Å²) in [6.07, 6.45) is 3.63. The molecule has 6 nitrogen and oxygen atoms in total. The number of hydrogen-bond donors (Lipinski definition) is 1. The van der Waals surface area contributed by atoms with Gasteiger partial charge in [-0.25, -0.2) is 0 Å². The second kappa shape index (κ2) is 9.70. The zero-order chi connectivity index (χ0) is 22.6. The van der Waals surface area contributed by atoms with Crippen LogP contribution in [0.25, 0.3) is 0 Å². The summed E-state index contributed by atoms with van der Waals surface area (Å²) < 4.78 is 18.8. The third kappa shape index (κ3) is 5.66. The normalized spacial score (nSPS) is 16.5. The zero-order valence-electron chi connectivity index (χ0n) is 18.9. The van der Waals surface area contributed by atoms with Crippen LogP contribution >= 0.6 is 0 Å². The Bertz CT molecular complexity index is 924. The van der Waals surface area contributed by atoms with Gasteiger partial charge in [0, 0.05) is 0 Å². The van der Waals surface area contributed by atoms with Crippen LogP contribution in [0.15, 0.2) is 30.5 Å². The molecule has 7 heteroatoms. The van der Waals surface area contributed by atoms with Crippen LogP contribution in [0.5, 0.6) is 5.75 Å². The second-order valence-electron chi connectivity index (χ2n) is 9.07. The van der Waals surface area contributed by atoms with E-state index in [1.54, 1.807) is 19.2 Å². The van der Waals surface area contributed by atoms with Gasteiger partial charge in [0.25, 0.3) is 0 Å². The molecule has 168 valence electrons. The fourth-order valence-electron chi connectivity index (χ4n) is 3.87. The van der Waals surface area contributed by atoms with E-state index in [9.17, 15) is 4.79 Å². The molecule has 1 heterocycles. The van der Waals surface area contributed by atoms with Crippen LogP contribution in [0.2, 0.25) is 0 Å². The van der Waals surface area contributed by atoms with Crippen molar-refractivity contribution in [1.82, 2.24) is 4.98 Å². The first-order valence-electron chi connectivity index (χ1n) is 10.4. The topological polar surface area (TPSA) is 77.9 Å². The third-order valence-corrected chi connectivity index (χ3v) is 7.73. The quantitative estimate of drug-likeness (QED) is 0.330. The molecule has 1 aliphatic carbocycles. The van der Waals surface area contributed by atoms with Crippen molar-refractivity contribution in [2.24, 2.45) is 0 Å². The molecule has 3 rings (SSSR count). The van der Waals surface area contributed by atoms with E-state index in [0.717, 1.165) is 27.6 Å². The Balaban J connectivity index is 1.94. The summed E-state index contributed by atoms with van der Waals surface area (Å²) in [6, 6.07) is 7.81. The van der Waals surface area contributed by atoms with Crippen molar-refractivity contribution in [3.8, 4) is 5.75 Å². The summed E-state index contributed by atoms with van der Waals surface area (Å²) in [6.45, 7) is 10.3. The molecule has 0 radical (unpaired) electrons. The molecule has 0 saturated carbocycles. The number of methoxy groups -OCH3 is 1. The van der Waals surface area contributed by atoms with Crippen LogP contribution in [0.4, 0.5) is 0 Å². The molecule has 0 bridgehead atoms. The minimum absolute atomic E-state index is 0.0135. The summed E-state index contributed by atoms with van der Waals surface area (Å²) in [5.74, 6) is -0.0970. The van der Waals surface area contributed by atoms with E-state index in [2.05, 4.69) is 44.8 Å². The number of benzene rings is 1. The number of carbonyl (C=O) groups is 1. The molecule has 0 fully saturated rings. The van der Waals surface area contributed by atoms with Crippen LogP contribution in [0.1, 0.15) is 62.0 Å². The van der Waals surface area contributed by atoms with Crippen molar-refractivity contribution in [3.05, 3.63) is 47.2 Å². The summed E-state index contributed by atoms with van der Waals surface area (Å²) in [5.41, 5.74) is 2.83. The molecule has 0 spiro atoms. The van der Waals surface area contributed by atoms with Gasteiger partial charge in [0.15, 0.2) is 0 Å². The second-order valence-corrected chi connectivity index (χ2v) is 11.4. The maximum absolute atomic E-state index is 11.1. The predicted molar refractivity (Wildman–Crippen MR) is 121 cm³/mol. The van der Waals surface area contributed by atoms with Gasteiger partial charge >= 0.3 is 190 Å². The van der Waals surface area contributed by atoms with E-state index in [1.165, 1.54) is 17.3 Å². The van der Waals surface area contributed by atoms with E-state index in [1.807, 2.05) is 0 Å². The predicted octanol–water partition coefficient (Wildman–Crippen LogP) is 2.78. The van der Waals surface area contributed by atoms with Gasteiger partial charge in [-0.1, -0.05) is 0 Å². The molecule has 1 aromatic carbocycles. The summed E-state index contributed by atoms with van der Waals surface area (Å²) in [7, 11) is 1.65. The molecular formula is C24H31NO5Se. The summed E-state index contributed by atoms with van der Waals surface area (Å²) >= 11 is -0.0707. The summed E-state index contributed by atoms with van der Waals surface area (Å²) in [5, 5.41) is 9.11. The number of pyridine rings is 1.